The van der Waals surface area contributed by atoms with Gasteiger partial charge in [-0.3, -0.25) is 4.79 Å². The standard InChI is InChI=1S/C25H25N3O4/c1-17-15-19(25(30)31-2)7-11-22(17)23-12-10-21(32-23)16-26-27-24(29)18-5-8-20(9-6-18)28-13-3-4-14-28/h5-12,15-16H,3-4,13-14H2,1-2H3,(H,27,29)/b26-16-. The molecule has 0 unspecified atom stereocenters. The third kappa shape index (κ3) is 4.72. The molecule has 7 nitrogen and oxygen atoms in total. The Morgan fingerprint density at radius 2 is 1.75 bits per heavy atom. The van der Waals surface area contributed by atoms with Crippen LogP contribution in [-0.4, -0.2) is 38.3 Å². The van der Waals surface area contributed by atoms with Crippen LogP contribution in [-0.2, 0) is 4.74 Å². The molecule has 3 aromatic rings. The van der Waals surface area contributed by atoms with E-state index in [0.717, 1.165) is 29.9 Å². The number of nitrogens with zero attached hydrogens (tertiary/aromatic N) is 2. The predicted molar refractivity (Wildman–Crippen MR) is 123 cm³/mol. The maximum atomic E-state index is 12.3. The van der Waals surface area contributed by atoms with Crippen molar-refractivity contribution in [3.63, 3.8) is 0 Å². The molecular weight excluding hydrogens is 406 g/mol. The fourth-order valence-electron chi connectivity index (χ4n) is 3.77. The molecular formula is C25H25N3O4. The predicted octanol–water partition coefficient (Wildman–Crippen LogP) is 4.41. The van der Waals surface area contributed by atoms with Crippen molar-refractivity contribution in [2.75, 3.05) is 25.1 Å². The van der Waals surface area contributed by atoms with Gasteiger partial charge in [0.15, 0.2) is 0 Å². The molecule has 7 heteroatoms. The zero-order valence-corrected chi connectivity index (χ0v) is 18.1. The maximum absolute atomic E-state index is 12.3. The first kappa shape index (κ1) is 21.4. The van der Waals surface area contributed by atoms with Crippen LogP contribution in [0.2, 0.25) is 0 Å². The van der Waals surface area contributed by atoms with Gasteiger partial charge in [0.05, 0.1) is 18.9 Å². The number of furan rings is 1. The summed E-state index contributed by atoms with van der Waals surface area (Å²) in [5, 5.41) is 4.01. The third-order valence-corrected chi connectivity index (χ3v) is 5.50. The Labute approximate surface area is 186 Å². The largest absolute Gasteiger partial charge is 0.465 e. The van der Waals surface area contributed by atoms with Gasteiger partial charge in [-0.2, -0.15) is 5.10 Å². The molecule has 32 heavy (non-hydrogen) atoms. The second-order valence-electron chi connectivity index (χ2n) is 7.66. The van der Waals surface area contributed by atoms with Crippen LogP contribution in [0.25, 0.3) is 11.3 Å². The summed E-state index contributed by atoms with van der Waals surface area (Å²) in [6, 6.07) is 16.4. The molecule has 0 radical (unpaired) electrons. The minimum Gasteiger partial charge on any atom is -0.465 e. The lowest BCUT2D eigenvalue weighted by atomic mass is 10.0. The van der Waals surface area contributed by atoms with Gasteiger partial charge in [0.25, 0.3) is 5.91 Å². The lowest BCUT2D eigenvalue weighted by Crippen LogP contribution is -2.19. The Morgan fingerprint density at radius 1 is 1.03 bits per heavy atom. The number of nitrogens with one attached hydrogen (secondary N) is 1. The Hall–Kier alpha value is -3.87. The van der Waals surface area contributed by atoms with Crippen molar-refractivity contribution in [2.45, 2.75) is 19.8 Å². The van der Waals surface area contributed by atoms with Crippen molar-refractivity contribution in [1.29, 1.82) is 0 Å². The Kier molecular flexibility index (Phi) is 6.35. The molecule has 1 saturated heterocycles. The van der Waals surface area contributed by atoms with Gasteiger partial charge in [-0.05, 0) is 73.9 Å². The molecule has 2 aromatic carbocycles. The van der Waals surface area contributed by atoms with Gasteiger partial charge < -0.3 is 14.1 Å². The molecule has 1 fully saturated rings. The zero-order chi connectivity index (χ0) is 22.5. The summed E-state index contributed by atoms with van der Waals surface area (Å²) in [5.74, 6) is 0.480. The van der Waals surface area contributed by atoms with Crippen LogP contribution in [0.3, 0.4) is 0 Å². The first-order valence-corrected chi connectivity index (χ1v) is 10.5. The SMILES string of the molecule is COC(=O)c1ccc(-c2ccc(/C=N\NC(=O)c3ccc(N4CCCC4)cc3)o2)c(C)c1. The van der Waals surface area contributed by atoms with E-state index < -0.39 is 0 Å². The quantitative estimate of drug-likeness (QED) is 0.355. The maximum Gasteiger partial charge on any atom is 0.337 e. The summed E-state index contributed by atoms with van der Waals surface area (Å²) < 4.78 is 10.6. The summed E-state index contributed by atoms with van der Waals surface area (Å²) in [7, 11) is 1.35. The Morgan fingerprint density at radius 3 is 2.44 bits per heavy atom. The number of aryl methyl sites for hydroxylation is 1. The van der Waals surface area contributed by atoms with E-state index in [2.05, 4.69) is 15.4 Å². The fraction of sp³-hybridized carbons (Fsp3) is 0.240. The van der Waals surface area contributed by atoms with Crippen molar-refractivity contribution in [1.82, 2.24) is 5.43 Å². The number of amides is 1. The van der Waals surface area contributed by atoms with Crippen LogP contribution in [0.5, 0.6) is 0 Å². The first-order valence-electron chi connectivity index (χ1n) is 10.5. The molecule has 0 atom stereocenters. The van der Waals surface area contributed by atoms with Crippen molar-refractivity contribution in [3.8, 4) is 11.3 Å². The summed E-state index contributed by atoms with van der Waals surface area (Å²) in [6.45, 7) is 4.03. The number of esters is 1. The van der Waals surface area contributed by atoms with Crippen LogP contribution in [0, 0.1) is 6.92 Å². The van der Waals surface area contributed by atoms with Crippen molar-refractivity contribution >= 4 is 23.8 Å². The monoisotopic (exact) mass is 431 g/mol. The lowest BCUT2D eigenvalue weighted by Gasteiger charge is -2.17. The van der Waals surface area contributed by atoms with E-state index in [9.17, 15) is 9.59 Å². The number of benzene rings is 2. The number of hydrogen-bond acceptors (Lipinski definition) is 6. The van der Waals surface area contributed by atoms with Crippen molar-refractivity contribution < 1.29 is 18.7 Å². The second-order valence-corrected chi connectivity index (χ2v) is 7.66. The van der Waals surface area contributed by atoms with Gasteiger partial charge in [0.1, 0.15) is 11.5 Å². The number of rotatable bonds is 6. The van der Waals surface area contributed by atoms with Crippen LogP contribution in [0.4, 0.5) is 5.69 Å². The molecule has 4 rings (SSSR count). The minimum atomic E-state index is -0.381. The highest BCUT2D eigenvalue weighted by Crippen LogP contribution is 2.26. The van der Waals surface area contributed by atoms with Crippen molar-refractivity contribution in [2.24, 2.45) is 5.10 Å². The number of carbonyl (C=O) groups is 2. The summed E-state index contributed by atoms with van der Waals surface area (Å²) in [6.07, 6.45) is 3.88. The highest BCUT2D eigenvalue weighted by molar-refractivity contribution is 5.95. The third-order valence-electron chi connectivity index (χ3n) is 5.50. The number of hydrazone groups is 1. The first-order chi connectivity index (χ1) is 15.5. The van der Waals surface area contributed by atoms with Crippen LogP contribution < -0.4 is 10.3 Å². The smallest absolute Gasteiger partial charge is 0.337 e. The molecule has 1 N–H and O–H groups in total. The molecule has 0 aliphatic carbocycles. The average molecular weight is 431 g/mol. The van der Waals surface area contributed by atoms with Gasteiger partial charge >= 0.3 is 5.97 Å². The second kappa shape index (κ2) is 9.51. The van der Waals surface area contributed by atoms with E-state index in [1.165, 1.54) is 26.2 Å². The molecule has 0 bridgehead atoms. The molecule has 1 amide bonds. The van der Waals surface area contributed by atoms with E-state index in [4.69, 9.17) is 9.15 Å². The summed E-state index contributed by atoms with van der Waals surface area (Å²) in [4.78, 5) is 26.3. The highest BCUT2D eigenvalue weighted by Gasteiger charge is 2.13. The number of carbonyl (C=O) groups excluding carboxylic acids is 2. The zero-order valence-electron chi connectivity index (χ0n) is 18.1. The molecule has 0 spiro atoms. The van der Waals surface area contributed by atoms with Crippen LogP contribution in [0.15, 0.2) is 64.1 Å². The van der Waals surface area contributed by atoms with Gasteiger partial charge in [-0.25, -0.2) is 10.2 Å². The normalized spacial score (nSPS) is 13.5. The average Bonchev–Trinajstić information content (AvgIpc) is 3.51. The van der Waals surface area contributed by atoms with Crippen molar-refractivity contribution in [3.05, 3.63) is 77.0 Å². The van der Waals surface area contributed by atoms with E-state index >= 15 is 0 Å². The lowest BCUT2D eigenvalue weighted by molar-refractivity contribution is 0.0600. The number of ether oxygens (including phenoxy) is 1. The van der Waals surface area contributed by atoms with E-state index in [-0.39, 0.29) is 11.9 Å². The molecule has 1 aliphatic heterocycles. The van der Waals surface area contributed by atoms with Gasteiger partial charge in [-0.1, -0.05) is 6.07 Å². The number of hydrogen-bond donors (Lipinski definition) is 1. The van der Waals surface area contributed by atoms with Crippen LogP contribution >= 0.6 is 0 Å². The van der Waals surface area contributed by atoms with E-state index in [1.54, 1.807) is 18.2 Å². The van der Waals surface area contributed by atoms with Gasteiger partial charge in [-0.15, -0.1) is 0 Å². The summed E-state index contributed by atoms with van der Waals surface area (Å²) >= 11 is 0. The van der Waals surface area contributed by atoms with Crippen LogP contribution in [0.1, 0.15) is 44.9 Å². The minimum absolute atomic E-state index is 0.282. The number of anilines is 1. The Balaban J connectivity index is 1.37. The molecule has 1 aliphatic rings. The molecule has 164 valence electrons. The highest BCUT2D eigenvalue weighted by atomic mass is 16.5. The topological polar surface area (TPSA) is 84.1 Å². The Bertz CT molecular complexity index is 1140. The van der Waals surface area contributed by atoms with Gasteiger partial charge in [0.2, 0.25) is 0 Å². The fourth-order valence-corrected chi connectivity index (χ4v) is 3.77. The summed E-state index contributed by atoms with van der Waals surface area (Å²) in [5.41, 5.74) is 6.45. The van der Waals surface area contributed by atoms with E-state index in [1.807, 2.05) is 43.3 Å². The molecule has 2 heterocycles. The molecule has 1 aromatic heterocycles. The number of methoxy groups -OCH3 is 1. The molecule has 0 saturated carbocycles. The van der Waals surface area contributed by atoms with Gasteiger partial charge in [0, 0.05) is 29.9 Å². The van der Waals surface area contributed by atoms with E-state index in [0.29, 0.717) is 22.6 Å².